The number of methoxy groups -OCH3 is 1. The van der Waals surface area contributed by atoms with Crippen molar-refractivity contribution in [2.45, 2.75) is 51.7 Å². The number of ether oxygens (including phenoxy) is 1. The molecule has 0 amide bonds. The Morgan fingerprint density at radius 3 is 2.81 bits per heavy atom. The van der Waals surface area contributed by atoms with Crippen LogP contribution < -0.4 is 5.32 Å². The molecule has 3 heteroatoms. The lowest BCUT2D eigenvalue weighted by Crippen LogP contribution is -2.30. The van der Waals surface area contributed by atoms with Crippen molar-refractivity contribution in [1.29, 1.82) is 0 Å². The van der Waals surface area contributed by atoms with Crippen LogP contribution in [-0.4, -0.2) is 50.3 Å². The van der Waals surface area contributed by atoms with Gasteiger partial charge in [-0.3, -0.25) is 0 Å². The monoisotopic (exact) mass is 228 g/mol. The molecule has 0 aromatic rings. The zero-order valence-electron chi connectivity index (χ0n) is 11.2. The summed E-state index contributed by atoms with van der Waals surface area (Å²) < 4.78 is 5.37. The minimum Gasteiger partial charge on any atom is -0.380 e. The van der Waals surface area contributed by atoms with Crippen LogP contribution in [0.15, 0.2) is 0 Å². The molecule has 1 heterocycles. The van der Waals surface area contributed by atoms with E-state index in [1.54, 1.807) is 0 Å². The third-order valence-electron chi connectivity index (χ3n) is 3.57. The first-order chi connectivity index (χ1) is 7.80. The molecule has 3 nitrogen and oxygen atoms in total. The fraction of sp³-hybridized carbons (Fsp3) is 1.00. The van der Waals surface area contributed by atoms with Crippen LogP contribution in [0.1, 0.15) is 39.5 Å². The molecule has 2 unspecified atom stereocenters. The molecule has 1 aliphatic rings. The van der Waals surface area contributed by atoms with Crippen molar-refractivity contribution < 1.29 is 4.74 Å². The summed E-state index contributed by atoms with van der Waals surface area (Å²) in [7, 11) is 1.83. The Labute approximate surface area is 101 Å². The molecule has 0 aromatic carbocycles. The van der Waals surface area contributed by atoms with Gasteiger partial charge in [0.2, 0.25) is 0 Å². The van der Waals surface area contributed by atoms with Gasteiger partial charge < -0.3 is 15.0 Å². The van der Waals surface area contributed by atoms with Crippen LogP contribution in [0.4, 0.5) is 0 Å². The van der Waals surface area contributed by atoms with E-state index in [1.807, 2.05) is 7.11 Å². The highest BCUT2D eigenvalue weighted by molar-refractivity contribution is 4.76. The second-order valence-corrected chi connectivity index (χ2v) is 4.75. The highest BCUT2D eigenvalue weighted by atomic mass is 16.5. The maximum absolute atomic E-state index is 5.37. The maximum atomic E-state index is 5.37. The van der Waals surface area contributed by atoms with Gasteiger partial charge in [0.05, 0.1) is 6.10 Å². The molecule has 16 heavy (non-hydrogen) atoms. The molecule has 96 valence electrons. The SMILES string of the molecule is CCNC(CC)CCCN1CCC(OC)C1. The molecule has 0 aliphatic carbocycles. The van der Waals surface area contributed by atoms with E-state index in [0.29, 0.717) is 12.1 Å². The second kappa shape index (κ2) is 8.04. The minimum atomic E-state index is 0.482. The van der Waals surface area contributed by atoms with Gasteiger partial charge in [-0.05, 0) is 38.8 Å². The van der Waals surface area contributed by atoms with E-state index in [-0.39, 0.29) is 0 Å². The molecule has 1 saturated heterocycles. The van der Waals surface area contributed by atoms with E-state index in [1.165, 1.54) is 38.8 Å². The number of hydrogen-bond donors (Lipinski definition) is 1. The first kappa shape index (κ1) is 13.9. The summed E-state index contributed by atoms with van der Waals surface area (Å²) in [5.74, 6) is 0. The molecule has 1 rings (SSSR count). The quantitative estimate of drug-likeness (QED) is 0.686. The normalized spacial score (nSPS) is 23.8. The largest absolute Gasteiger partial charge is 0.380 e. The van der Waals surface area contributed by atoms with Gasteiger partial charge in [0.25, 0.3) is 0 Å². The Hall–Kier alpha value is -0.120. The highest BCUT2D eigenvalue weighted by Crippen LogP contribution is 2.13. The average molecular weight is 228 g/mol. The highest BCUT2D eigenvalue weighted by Gasteiger charge is 2.21. The number of likely N-dealkylation sites (tertiary alicyclic amines) is 1. The molecule has 0 spiro atoms. The molecule has 2 atom stereocenters. The fourth-order valence-corrected chi connectivity index (χ4v) is 2.49. The van der Waals surface area contributed by atoms with Crippen LogP contribution in [0, 0.1) is 0 Å². The second-order valence-electron chi connectivity index (χ2n) is 4.75. The number of rotatable bonds is 8. The van der Waals surface area contributed by atoms with Crippen molar-refractivity contribution in [3.05, 3.63) is 0 Å². The van der Waals surface area contributed by atoms with Crippen molar-refractivity contribution in [2.75, 3.05) is 33.3 Å². The Morgan fingerprint density at radius 1 is 1.44 bits per heavy atom. The van der Waals surface area contributed by atoms with Gasteiger partial charge in [0.15, 0.2) is 0 Å². The van der Waals surface area contributed by atoms with Crippen LogP contribution in [0.25, 0.3) is 0 Å². The first-order valence-electron chi connectivity index (χ1n) is 6.78. The predicted molar refractivity (Wildman–Crippen MR) is 68.8 cm³/mol. The minimum absolute atomic E-state index is 0.482. The summed E-state index contributed by atoms with van der Waals surface area (Å²) in [6.45, 7) is 9.14. The van der Waals surface area contributed by atoms with Gasteiger partial charge >= 0.3 is 0 Å². The zero-order chi connectivity index (χ0) is 11.8. The van der Waals surface area contributed by atoms with Crippen molar-refractivity contribution in [1.82, 2.24) is 10.2 Å². The van der Waals surface area contributed by atoms with Crippen LogP contribution >= 0.6 is 0 Å². The Balaban J connectivity index is 2.06. The summed E-state index contributed by atoms with van der Waals surface area (Å²) in [5.41, 5.74) is 0. The standard InChI is InChI=1S/C13H28N2O/c1-4-12(14-5-2)7-6-9-15-10-8-13(11-15)16-3/h12-14H,4-11H2,1-3H3. The molecular weight excluding hydrogens is 200 g/mol. The smallest absolute Gasteiger partial charge is 0.0710 e. The van der Waals surface area contributed by atoms with Crippen molar-refractivity contribution in [2.24, 2.45) is 0 Å². The lowest BCUT2D eigenvalue weighted by atomic mass is 10.1. The van der Waals surface area contributed by atoms with Gasteiger partial charge in [-0.25, -0.2) is 0 Å². The summed E-state index contributed by atoms with van der Waals surface area (Å²) in [6, 6.07) is 0.714. The Kier molecular flexibility index (Phi) is 7.01. The molecule has 0 bridgehead atoms. The van der Waals surface area contributed by atoms with E-state index in [0.717, 1.165) is 13.1 Å². The molecule has 0 saturated carbocycles. The summed E-state index contributed by atoms with van der Waals surface area (Å²) in [6.07, 6.45) is 5.55. The average Bonchev–Trinajstić information content (AvgIpc) is 2.76. The zero-order valence-corrected chi connectivity index (χ0v) is 11.2. The van der Waals surface area contributed by atoms with E-state index >= 15 is 0 Å². The molecule has 1 N–H and O–H groups in total. The predicted octanol–water partition coefficient (Wildman–Crippen LogP) is 1.88. The summed E-state index contributed by atoms with van der Waals surface area (Å²) >= 11 is 0. The topological polar surface area (TPSA) is 24.5 Å². The molecule has 0 radical (unpaired) electrons. The van der Waals surface area contributed by atoms with Crippen LogP contribution in [0.3, 0.4) is 0 Å². The Morgan fingerprint density at radius 2 is 2.25 bits per heavy atom. The molecule has 1 aliphatic heterocycles. The van der Waals surface area contributed by atoms with Gasteiger partial charge in [-0.15, -0.1) is 0 Å². The summed E-state index contributed by atoms with van der Waals surface area (Å²) in [4.78, 5) is 2.53. The summed E-state index contributed by atoms with van der Waals surface area (Å²) in [5, 5.41) is 3.53. The lowest BCUT2D eigenvalue weighted by molar-refractivity contribution is 0.108. The molecule has 0 aromatic heterocycles. The maximum Gasteiger partial charge on any atom is 0.0710 e. The lowest BCUT2D eigenvalue weighted by Gasteiger charge is -2.19. The number of nitrogens with one attached hydrogen (secondary N) is 1. The van der Waals surface area contributed by atoms with Crippen LogP contribution in [-0.2, 0) is 4.74 Å². The van der Waals surface area contributed by atoms with E-state index in [9.17, 15) is 0 Å². The third kappa shape index (κ3) is 4.81. The van der Waals surface area contributed by atoms with Crippen LogP contribution in [0.2, 0.25) is 0 Å². The van der Waals surface area contributed by atoms with E-state index in [2.05, 4.69) is 24.1 Å². The van der Waals surface area contributed by atoms with Gasteiger partial charge in [-0.1, -0.05) is 13.8 Å². The van der Waals surface area contributed by atoms with Gasteiger partial charge in [0.1, 0.15) is 0 Å². The number of nitrogens with zero attached hydrogens (tertiary/aromatic N) is 1. The fourth-order valence-electron chi connectivity index (χ4n) is 2.49. The molecular formula is C13H28N2O. The first-order valence-corrected chi connectivity index (χ1v) is 6.78. The van der Waals surface area contributed by atoms with Gasteiger partial charge in [0, 0.05) is 26.2 Å². The van der Waals surface area contributed by atoms with Crippen LogP contribution in [0.5, 0.6) is 0 Å². The van der Waals surface area contributed by atoms with E-state index in [4.69, 9.17) is 4.74 Å². The van der Waals surface area contributed by atoms with E-state index < -0.39 is 0 Å². The third-order valence-corrected chi connectivity index (χ3v) is 3.57. The Bertz CT molecular complexity index is 175. The van der Waals surface area contributed by atoms with Crippen molar-refractivity contribution >= 4 is 0 Å². The van der Waals surface area contributed by atoms with Crippen molar-refractivity contribution in [3.8, 4) is 0 Å². The van der Waals surface area contributed by atoms with Gasteiger partial charge in [-0.2, -0.15) is 0 Å². The van der Waals surface area contributed by atoms with Crippen molar-refractivity contribution in [3.63, 3.8) is 0 Å². The molecule has 1 fully saturated rings. The number of hydrogen-bond acceptors (Lipinski definition) is 3.